The average molecular weight is 232 g/mol. The van der Waals surface area contributed by atoms with Gasteiger partial charge in [-0.25, -0.2) is 0 Å². The molecular formula is C15H24N2. The number of nitrogens with two attached hydrogens (primary N) is 1. The minimum Gasteiger partial charge on any atom is -0.381 e. The number of aryl methyl sites for hydroxylation is 3. The van der Waals surface area contributed by atoms with Gasteiger partial charge in [0.1, 0.15) is 0 Å². The third kappa shape index (κ3) is 2.81. The first-order valence-corrected chi connectivity index (χ1v) is 6.68. The van der Waals surface area contributed by atoms with E-state index in [-0.39, 0.29) is 0 Å². The number of nitrogens with one attached hydrogen (secondary N) is 1. The number of hydrogen-bond acceptors (Lipinski definition) is 2. The lowest BCUT2D eigenvalue weighted by Crippen LogP contribution is -2.42. The van der Waals surface area contributed by atoms with E-state index in [1.165, 1.54) is 41.6 Å². The molecule has 0 saturated heterocycles. The minimum absolute atomic E-state index is 0.310. The molecule has 2 atom stereocenters. The highest BCUT2D eigenvalue weighted by Crippen LogP contribution is 2.25. The van der Waals surface area contributed by atoms with Crippen LogP contribution in [0.25, 0.3) is 0 Å². The standard InChI is InChI=1S/C15H24N2/c1-10-8-12(3)15(9-11(10)2)17-14-7-5-4-6-13(14)16/h8-9,13-14,17H,4-7,16H2,1-3H3. The van der Waals surface area contributed by atoms with Gasteiger partial charge in [0.15, 0.2) is 0 Å². The lowest BCUT2D eigenvalue weighted by Gasteiger charge is -2.31. The van der Waals surface area contributed by atoms with Gasteiger partial charge >= 0.3 is 0 Å². The molecule has 1 saturated carbocycles. The van der Waals surface area contributed by atoms with E-state index >= 15 is 0 Å². The Labute approximate surface area is 105 Å². The molecule has 1 aliphatic carbocycles. The summed E-state index contributed by atoms with van der Waals surface area (Å²) >= 11 is 0. The first-order valence-electron chi connectivity index (χ1n) is 6.68. The topological polar surface area (TPSA) is 38.0 Å². The second-order valence-corrected chi connectivity index (χ2v) is 5.45. The van der Waals surface area contributed by atoms with Crippen LogP contribution in [-0.2, 0) is 0 Å². The van der Waals surface area contributed by atoms with Crippen LogP contribution in [0.2, 0.25) is 0 Å². The zero-order valence-electron chi connectivity index (χ0n) is 11.2. The van der Waals surface area contributed by atoms with Crippen molar-refractivity contribution >= 4 is 5.69 Å². The van der Waals surface area contributed by atoms with Gasteiger partial charge in [0.05, 0.1) is 0 Å². The average Bonchev–Trinajstić information content (AvgIpc) is 2.29. The zero-order chi connectivity index (χ0) is 12.4. The van der Waals surface area contributed by atoms with Gasteiger partial charge < -0.3 is 11.1 Å². The molecule has 0 radical (unpaired) electrons. The van der Waals surface area contributed by atoms with Gasteiger partial charge in [-0.05, 0) is 56.4 Å². The van der Waals surface area contributed by atoms with E-state index in [1.54, 1.807) is 0 Å². The summed E-state index contributed by atoms with van der Waals surface area (Å²) in [6.45, 7) is 6.50. The molecule has 1 aliphatic rings. The summed E-state index contributed by atoms with van der Waals surface area (Å²) < 4.78 is 0. The molecule has 1 aromatic carbocycles. The number of benzene rings is 1. The highest BCUT2D eigenvalue weighted by atomic mass is 15.0. The molecule has 3 N–H and O–H groups in total. The SMILES string of the molecule is Cc1cc(C)c(NC2CCCCC2N)cc1C. The Hall–Kier alpha value is -1.02. The van der Waals surface area contributed by atoms with E-state index in [1.807, 2.05) is 0 Å². The molecule has 2 unspecified atom stereocenters. The quantitative estimate of drug-likeness (QED) is 0.821. The predicted molar refractivity (Wildman–Crippen MR) is 74.5 cm³/mol. The van der Waals surface area contributed by atoms with Gasteiger partial charge in [0.2, 0.25) is 0 Å². The van der Waals surface area contributed by atoms with E-state index in [2.05, 4.69) is 38.2 Å². The lowest BCUT2D eigenvalue weighted by atomic mass is 9.90. The number of anilines is 1. The van der Waals surface area contributed by atoms with Crippen LogP contribution in [0.3, 0.4) is 0 Å². The molecule has 0 heterocycles. The van der Waals surface area contributed by atoms with Crippen LogP contribution in [0.1, 0.15) is 42.4 Å². The monoisotopic (exact) mass is 232 g/mol. The van der Waals surface area contributed by atoms with E-state index in [0.717, 1.165) is 6.42 Å². The molecule has 1 fully saturated rings. The molecular weight excluding hydrogens is 208 g/mol. The van der Waals surface area contributed by atoms with Crippen molar-refractivity contribution in [3.63, 3.8) is 0 Å². The van der Waals surface area contributed by atoms with Crippen LogP contribution in [0.4, 0.5) is 5.69 Å². The molecule has 0 amide bonds. The van der Waals surface area contributed by atoms with Crippen LogP contribution < -0.4 is 11.1 Å². The Kier molecular flexibility index (Phi) is 3.72. The van der Waals surface area contributed by atoms with Gasteiger partial charge in [-0.3, -0.25) is 0 Å². The molecule has 2 nitrogen and oxygen atoms in total. The van der Waals surface area contributed by atoms with Crippen LogP contribution in [0.5, 0.6) is 0 Å². The van der Waals surface area contributed by atoms with Crippen molar-refractivity contribution in [1.29, 1.82) is 0 Å². The molecule has 1 aromatic rings. The molecule has 0 aromatic heterocycles. The molecule has 0 spiro atoms. The van der Waals surface area contributed by atoms with E-state index < -0.39 is 0 Å². The normalized spacial score (nSPS) is 24.7. The van der Waals surface area contributed by atoms with Gasteiger partial charge in [-0.15, -0.1) is 0 Å². The van der Waals surface area contributed by atoms with Crippen LogP contribution in [0.15, 0.2) is 12.1 Å². The summed E-state index contributed by atoms with van der Waals surface area (Å²) in [6, 6.07) is 5.27. The fourth-order valence-electron chi connectivity index (χ4n) is 2.65. The van der Waals surface area contributed by atoms with Crippen LogP contribution in [0, 0.1) is 20.8 Å². The first kappa shape index (κ1) is 12.4. The maximum absolute atomic E-state index is 6.18. The van der Waals surface area contributed by atoms with Gasteiger partial charge in [-0.1, -0.05) is 18.9 Å². The number of hydrogen-bond donors (Lipinski definition) is 2. The molecule has 17 heavy (non-hydrogen) atoms. The Bertz CT molecular complexity index is 398. The van der Waals surface area contributed by atoms with Crippen molar-refractivity contribution in [1.82, 2.24) is 0 Å². The summed E-state index contributed by atoms with van der Waals surface area (Å²) in [7, 11) is 0. The summed E-state index contributed by atoms with van der Waals surface area (Å²) in [5.74, 6) is 0. The van der Waals surface area contributed by atoms with Crippen molar-refractivity contribution in [2.24, 2.45) is 5.73 Å². The molecule has 0 aliphatic heterocycles. The third-order valence-electron chi connectivity index (χ3n) is 4.00. The molecule has 94 valence electrons. The fourth-order valence-corrected chi connectivity index (χ4v) is 2.65. The summed E-state index contributed by atoms with van der Waals surface area (Å²) in [5.41, 5.74) is 11.5. The summed E-state index contributed by atoms with van der Waals surface area (Å²) in [5, 5.41) is 3.64. The molecule has 0 bridgehead atoms. The highest BCUT2D eigenvalue weighted by Gasteiger charge is 2.21. The maximum atomic E-state index is 6.18. The predicted octanol–water partition coefficient (Wildman–Crippen LogP) is 3.29. The van der Waals surface area contributed by atoms with E-state index in [9.17, 15) is 0 Å². The van der Waals surface area contributed by atoms with E-state index in [4.69, 9.17) is 5.73 Å². The van der Waals surface area contributed by atoms with Crippen LogP contribution in [-0.4, -0.2) is 12.1 Å². The zero-order valence-corrected chi connectivity index (χ0v) is 11.2. The van der Waals surface area contributed by atoms with Crippen molar-refractivity contribution in [3.05, 3.63) is 28.8 Å². The fraction of sp³-hybridized carbons (Fsp3) is 0.600. The molecule has 2 rings (SSSR count). The van der Waals surface area contributed by atoms with Crippen molar-refractivity contribution < 1.29 is 0 Å². The second kappa shape index (κ2) is 5.09. The second-order valence-electron chi connectivity index (χ2n) is 5.45. The van der Waals surface area contributed by atoms with Gasteiger partial charge in [-0.2, -0.15) is 0 Å². The Morgan fingerprint density at radius 3 is 2.35 bits per heavy atom. The van der Waals surface area contributed by atoms with Crippen LogP contribution >= 0.6 is 0 Å². The lowest BCUT2D eigenvalue weighted by molar-refractivity contribution is 0.404. The third-order valence-corrected chi connectivity index (χ3v) is 4.00. The van der Waals surface area contributed by atoms with Gasteiger partial charge in [0, 0.05) is 17.8 Å². The summed E-state index contributed by atoms with van der Waals surface area (Å²) in [4.78, 5) is 0. The smallest absolute Gasteiger partial charge is 0.0412 e. The highest BCUT2D eigenvalue weighted by molar-refractivity contribution is 5.55. The Morgan fingerprint density at radius 1 is 1.00 bits per heavy atom. The Balaban J connectivity index is 2.15. The van der Waals surface area contributed by atoms with E-state index in [0.29, 0.717) is 12.1 Å². The van der Waals surface area contributed by atoms with Gasteiger partial charge in [0.25, 0.3) is 0 Å². The number of rotatable bonds is 2. The summed E-state index contributed by atoms with van der Waals surface area (Å²) in [6.07, 6.45) is 4.94. The minimum atomic E-state index is 0.310. The van der Waals surface area contributed by atoms with Crippen molar-refractivity contribution in [3.8, 4) is 0 Å². The Morgan fingerprint density at radius 2 is 1.65 bits per heavy atom. The van der Waals surface area contributed by atoms with Crippen molar-refractivity contribution in [2.45, 2.75) is 58.5 Å². The molecule has 2 heteroatoms. The largest absolute Gasteiger partial charge is 0.381 e. The first-order chi connectivity index (χ1) is 8.08. The van der Waals surface area contributed by atoms with Crippen molar-refractivity contribution in [2.75, 3.05) is 5.32 Å². The maximum Gasteiger partial charge on any atom is 0.0412 e.